The molecule has 1 fully saturated rings. The first-order chi connectivity index (χ1) is 10.1. The molecule has 1 heterocycles. The van der Waals surface area contributed by atoms with E-state index in [0.29, 0.717) is 6.04 Å². The number of carbonyl (C=O) groups excluding carboxylic acids is 1. The SMILES string of the molecule is COC(=O)[C@@H]1C[C@@H](N(C)C)CN1CCCc1ccccc1. The van der Waals surface area contributed by atoms with Gasteiger partial charge in [0.15, 0.2) is 0 Å². The molecule has 0 bridgehead atoms. The van der Waals surface area contributed by atoms with Gasteiger partial charge in [0.05, 0.1) is 7.11 Å². The second-order valence-corrected chi connectivity index (χ2v) is 5.98. The molecule has 1 aliphatic rings. The number of rotatable bonds is 6. The molecule has 1 aliphatic heterocycles. The third-order valence-electron chi connectivity index (χ3n) is 4.34. The van der Waals surface area contributed by atoms with Crippen molar-refractivity contribution in [3.05, 3.63) is 35.9 Å². The molecule has 4 nitrogen and oxygen atoms in total. The number of aryl methyl sites for hydroxylation is 1. The van der Waals surface area contributed by atoms with Crippen LogP contribution >= 0.6 is 0 Å². The van der Waals surface area contributed by atoms with Crippen molar-refractivity contribution in [1.29, 1.82) is 0 Å². The fraction of sp³-hybridized carbons (Fsp3) is 0.588. The van der Waals surface area contributed by atoms with Gasteiger partial charge in [0.2, 0.25) is 0 Å². The summed E-state index contributed by atoms with van der Waals surface area (Å²) < 4.78 is 4.96. The Bertz CT molecular complexity index is 447. The van der Waals surface area contributed by atoms with Crippen molar-refractivity contribution in [1.82, 2.24) is 9.80 Å². The molecule has 0 spiro atoms. The Hall–Kier alpha value is -1.39. The van der Waals surface area contributed by atoms with E-state index in [2.05, 4.69) is 48.2 Å². The quantitative estimate of drug-likeness (QED) is 0.748. The number of likely N-dealkylation sites (N-methyl/N-ethyl adjacent to an activating group) is 1. The van der Waals surface area contributed by atoms with E-state index in [4.69, 9.17) is 4.74 Å². The summed E-state index contributed by atoms with van der Waals surface area (Å²) >= 11 is 0. The van der Waals surface area contributed by atoms with Gasteiger partial charge in [-0.15, -0.1) is 0 Å². The second-order valence-electron chi connectivity index (χ2n) is 5.98. The van der Waals surface area contributed by atoms with Crippen LogP contribution in [0, 0.1) is 0 Å². The van der Waals surface area contributed by atoms with E-state index >= 15 is 0 Å². The van der Waals surface area contributed by atoms with Gasteiger partial charge in [-0.1, -0.05) is 30.3 Å². The minimum absolute atomic E-state index is 0.0850. The predicted molar refractivity (Wildman–Crippen MR) is 84.2 cm³/mol. The molecule has 21 heavy (non-hydrogen) atoms. The lowest BCUT2D eigenvalue weighted by Crippen LogP contribution is -2.37. The summed E-state index contributed by atoms with van der Waals surface area (Å²) in [5, 5.41) is 0. The number of esters is 1. The fourth-order valence-corrected chi connectivity index (χ4v) is 3.01. The fourth-order valence-electron chi connectivity index (χ4n) is 3.01. The highest BCUT2D eigenvalue weighted by Gasteiger charge is 2.37. The van der Waals surface area contributed by atoms with Crippen LogP contribution in [-0.2, 0) is 16.0 Å². The monoisotopic (exact) mass is 290 g/mol. The van der Waals surface area contributed by atoms with E-state index in [9.17, 15) is 4.79 Å². The molecule has 0 aliphatic carbocycles. The summed E-state index contributed by atoms with van der Waals surface area (Å²) in [7, 11) is 5.63. The lowest BCUT2D eigenvalue weighted by molar-refractivity contribution is -0.145. The first kappa shape index (κ1) is 16.0. The zero-order chi connectivity index (χ0) is 15.2. The number of nitrogens with zero attached hydrogens (tertiary/aromatic N) is 2. The van der Waals surface area contributed by atoms with Crippen LogP contribution in [0.5, 0.6) is 0 Å². The molecule has 2 rings (SSSR count). The molecule has 0 unspecified atom stereocenters. The summed E-state index contributed by atoms with van der Waals surface area (Å²) in [6.07, 6.45) is 2.99. The minimum Gasteiger partial charge on any atom is -0.468 e. The number of methoxy groups -OCH3 is 1. The average molecular weight is 290 g/mol. The van der Waals surface area contributed by atoms with E-state index in [0.717, 1.165) is 32.4 Å². The van der Waals surface area contributed by atoms with Crippen LogP contribution < -0.4 is 0 Å². The Morgan fingerprint density at radius 3 is 2.67 bits per heavy atom. The van der Waals surface area contributed by atoms with Crippen molar-refractivity contribution in [3.8, 4) is 0 Å². The van der Waals surface area contributed by atoms with Crippen LogP contribution in [0.15, 0.2) is 30.3 Å². The molecular weight excluding hydrogens is 264 g/mol. The van der Waals surface area contributed by atoms with Crippen molar-refractivity contribution < 1.29 is 9.53 Å². The zero-order valence-electron chi connectivity index (χ0n) is 13.3. The summed E-state index contributed by atoms with van der Waals surface area (Å²) in [6.45, 7) is 1.89. The standard InChI is InChI=1S/C17H26N2O2/c1-18(2)15-12-16(17(20)21-3)19(13-15)11-7-10-14-8-5-4-6-9-14/h4-6,8-9,15-16H,7,10-13H2,1-3H3/t15-,16+/m1/s1. The maximum atomic E-state index is 11.9. The number of hydrogen-bond acceptors (Lipinski definition) is 4. The lowest BCUT2D eigenvalue weighted by atomic mass is 10.1. The first-order valence-corrected chi connectivity index (χ1v) is 7.64. The van der Waals surface area contributed by atoms with Gasteiger partial charge in [0.1, 0.15) is 6.04 Å². The molecule has 4 heteroatoms. The number of ether oxygens (including phenoxy) is 1. The van der Waals surface area contributed by atoms with Crippen molar-refractivity contribution in [2.24, 2.45) is 0 Å². The molecule has 2 atom stereocenters. The summed E-state index contributed by atoms with van der Waals surface area (Å²) in [6, 6.07) is 10.9. The smallest absolute Gasteiger partial charge is 0.323 e. The van der Waals surface area contributed by atoms with Gasteiger partial charge < -0.3 is 9.64 Å². The average Bonchev–Trinajstić information content (AvgIpc) is 2.92. The van der Waals surface area contributed by atoms with E-state index in [1.807, 2.05) is 6.07 Å². The van der Waals surface area contributed by atoms with E-state index in [1.54, 1.807) is 0 Å². The van der Waals surface area contributed by atoms with Crippen LogP contribution in [-0.4, -0.2) is 62.1 Å². The number of hydrogen-bond donors (Lipinski definition) is 0. The largest absolute Gasteiger partial charge is 0.468 e. The first-order valence-electron chi connectivity index (χ1n) is 7.64. The van der Waals surface area contributed by atoms with Gasteiger partial charge in [0.25, 0.3) is 0 Å². The summed E-state index contributed by atoms with van der Waals surface area (Å²) in [4.78, 5) is 16.4. The molecular formula is C17H26N2O2. The topological polar surface area (TPSA) is 32.8 Å². The van der Waals surface area contributed by atoms with Crippen LogP contribution in [0.2, 0.25) is 0 Å². The van der Waals surface area contributed by atoms with Crippen LogP contribution in [0.3, 0.4) is 0 Å². The summed E-state index contributed by atoms with van der Waals surface area (Å²) in [5.41, 5.74) is 1.36. The zero-order valence-corrected chi connectivity index (χ0v) is 13.3. The van der Waals surface area contributed by atoms with Gasteiger partial charge in [-0.25, -0.2) is 0 Å². The third-order valence-corrected chi connectivity index (χ3v) is 4.34. The highest BCUT2D eigenvalue weighted by Crippen LogP contribution is 2.22. The molecule has 1 saturated heterocycles. The van der Waals surface area contributed by atoms with E-state index in [-0.39, 0.29) is 12.0 Å². The molecule has 1 aromatic carbocycles. The highest BCUT2D eigenvalue weighted by molar-refractivity contribution is 5.76. The van der Waals surface area contributed by atoms with Crippen molar-refractivity contribution in [2.45, 2.75) is 31.3 Å². The van der Waals surface area contributed by atoms with E-state index in [1.165, 1.54) is 12.7 Å². The number of likely N-dealkylation sites (tertiary alicyclic amines) is 1. The van der Waals surface area contributed by atoms with Gasteiger partial charge in [-0.2, -0.15) is 0 Å². The minimum atomic E-state index is -0.0981. The van der Waals surface area contributed by atoms with Crippen LogP contribution in [0.25, 0.3) is 0 Å². The Balaban J connectivity index is 1.88. The van der Waals surface area contributed by atoms with Gasteiger partial charge >= 0.3 is 5.97 Å². The molecule has 1 aromatic rings. The van der Waals surface area contributed by atoms with E-state index < -0.39 is 0 Å². The number of carbonyl (C=O) groups is 1. The molecule has 0 amide bonds. The highest BCUT2D eigenvalue weighted by atomic mass is 16.5. The summed E-state index contributed by atoms with van der Waals surface area (Å²) in [5.74, 6) is -0.0981. The molecule has 0 aromatic heterocycles. The van der Waals surface area contributed by atoms with Crippen molar-refractivity contribution in [3.63, 3.8) is 0 Å². The Labute approximate surface area is 127 Å². The lowest BCUT2D eigenvalue weighted by Gasteiger charge is -2.22. The normalized spacial score (nSPS) is 22.7. The van der Waals surface area contributed by atoms with Crippen LogP contribution in [0.1, 0.15) is 18.4 Å². The number of benzene rings is 1. The molecule has 0 N–H and O–H groups in total. The van der Waals surface area contributed by atoms with Crippen molar-refractivity contribution >= 4 is 5.97 Å². The van der Waals surface area contributed by atoms with Crippen LogP contribution in [0.4, 0.5) is 0 Å². The van der Waals surface area contributed by atoms with Gasteiger partial charge in [-0.05, 0) is 45.5 Å². The van der Waals surface area contributed by atoms with Crippen molar-refractivity contribution in [2.75, 3.05) is 34.3 Å². The Morgan fingerprint density at radius 2 is 2.05 bits per heavy atom. The van der Waals surface area contributed by atoms with Gasteiger partial charge in [-0.3, -0.25) is 9.69 Å². The van der Waals surface area contributed by atoms with Gasteiger partial charge in [0, 0.05) is 12.6 Å². The Morgan fingerprint density at radius 1 is 1.33 bits per heavy atom. The molecule has 0 radical (unpaired) electrons. The predicted octanol–water partition coefficient (Wildman–Crippen LogP) is 1.80. The Kier molecular flexibility index (Phi) is 5.76. The molecule has 116 valence electrons. The second kappa shape index (κ2) is 7.57. The molecule has 0 saturated carbocycles. The maximum Gasteiger partial charge on any atom is 0.323 e. The third kappa shape index (κ3) is 4.29. The maximum absolute atomic E-state index is 11.9.